The smallest absolute Gasteiger partial charge is 0.269 e. The standard InChI is InChI=1S/C20H25N3O2S/c1-14-13-17(23(24)25)8-9-19(14)21-20-22(11-12-26-20)10-2-3-18(15-4-5-15)16-6-7-16/h3,8-9,13,15-16H,2,4-7,10-12H2,1H3/b21-20-. The number of allylic oxidation sites excluding steroid dienone is 1. The van der Waals surface area contributed by atoms with Gasteiger partial charge in [-0.15, -0.1) is 0 Å². The van der Waals surface area contributed by atoms with Crippen LogP contribution < -0.4 is 0 Å². The summed E-state index contributed by atoms with van der Waals surface area (Å²) >= 11 is 1.78. The third-order valence-corrected chi connectivity index (χ3v) is 6.34. The minimum Gasteiger partial charge on any atom is -0.350 e. The van der Waals surface area contributed by atoms with Crippen LogP contribution in [0.3, 0.4) is 0 Å². The first-order valence-corrected chi connectivity index (χ1v) is 10.5. The molecular weight excluding hydrogens is 346 g/mol. The summed E-state index contributed by atoms with van der Waals surface area (Å²) in [6.07, 6.45) is 9.19. The number of non-ortho nitro benzene ring substituents is 1. The molecular formula is C20H25N3O2S. The van der Waals surface area contributed by atoms with Gasteiger partial charge in [0.2, 0.25) is 0 Å². The minimum absolute atomic E-state index is 0.125. The van der Waals surface area contributed by atoms with Gasteiger partial charge in [0, 0.05) is 31.0 Å². The fourth-order valence-electron chi connectivity index (χ4n) is 3.61. The van der Waals surface area contributed by atoms with E-state index in [0.29, 0.717) is 0 Å². The molecule has 1 saturated heterocycles. The molecule has 4 rings (SSSR count). The fraction of sp³-hybridized carbons (Fsp3) is 0.550. The number of amidine groups is 1. The number of hydrogen-bond acceptors (Lipinski definition) is 4. The molecule has 3 aliphatic rings. The first kappa shape index (κ1) is 17.6. The lowest BCUT2D eigenvalue weighted by Crippen LogP contribution is -2.25. The maximum absolute atomic E-state index is 10.9. The zero-order chi connectivity index (χ0) is 18.1. The molecule has 1 aliphatic heterocycles. The van der Waals surface area contributed by atoms with E-state index < -0.39 is 0 Å². The number of nitro benzene ring substituents is 1. The summed E-state index contributed by atoms with van der Waals surface area (Å²) < 4.78 is 0. The van der Waals surface area contributed by atoms with Gasteiger partial charge in [-0.25, -0.2) is 4.99 Å². The number of thioether (sulfide) groups is 1. The molecule has 0 radical (unpaired) electrons. The highest BCUT2D eigenvalue weighted by atomic mass is 32.2. The molecule has 6 heteroatoms. The topological polar surface area (TPSA) is 58.7 Å². The van der Waals surface area contributed by atoms with Crippen molar-refractivity contribution in [2.24, 2.45) is 16.8 Å². The van der Waals surface area contributed by atoms with Crippen LogP contribution in [0.15, 0.2) is 34.8 Å². The second-order valence-electron chi connectivity index (χ2n) is 7.50. The Morgan fingerprint density at radius 3 is 2.69 bits per heavy atom. The van der Waals surface area contributed by atoms with Gasteiger partial charge in [0.15, 0.2) is 5.17 Å². The Morgan fingerprint density at radius 1 is 1.35 bits per heavy atom. The monoisotopic (exact) mass is 371 g/mol. The van der Waals surface area contributed by atoms with Crippen LogP contribution in [0.5, 0.6) is 0 Å². The lowest BCUT2D eigenvalue weighted by Gasteiger charge is -2.17. The molecule has 0 unspecified atom stereocenters. The second kappa shape index (κ2) is 7.43. The molecule has 138 valence electrons. The van der Waals surface area contributed by atoms with Crippen LogP contribution >= 0.6 is 11.8 Å². The Labute approximate surface area is 158 Å². The zero-order valence-corrected chi connectivity index (χ0v) is 16.0. The first-order chi connectivity index (χ1) is 12.6. The van der Waals surface area contributed by atoms with Crippen molar-refractivity contribution in [2.45, 2.75) is 39.0 Å². The number of rotatable bonds is 7. The van der Waals surface area contributed by atoms with Gasteiger partial charge in [0.1, 0.15) is 0 Å². The summed E-state index contributed by atoms with van der Waals surface area (Å²) in [7, 11) is 0. The summed E-state index contributed by atoms with van der Waals surface area (Å²) in [5.74, 6) is 2.85. The minimum atomic E-state index is -0.357. The Morgan fingerprint density at radius 2 is 2.08 bits per heavy atom. The highest BCUT2D eigenvalue weighted by molar-refractivity contribution is 8.14. The second-order valence-corrected chi connectivity index (χ2v) is 8.56. The number of aliphatic imine (C=N–C) groups is 1. The molecule has 1 heterocycles. The Balaban J connectivity index is 1.42. The van der Waals surface area contributed by atoms with E-state index in [1.807, 2.05) is 6.92 Å². The number of nitrogens with zero attached hydrogens (tertiary/aromatic N) is 3. The molecule has 5 nitrogen and oxygen atoms in total. The molecule has 0 bridgehead atoms. The number of nitro groups is 1. The van der Waals surface area contributed by atoms with Crippen LogP contribution in [0.25, 0.3) is 0 Å². The van der Waals surface area contributed by atoms with E-state index in [1.54, 1.807) is 29.5 Å². The molecule has 0 spiro atoms. The van der Waals surface area contributed by atoms with Gasteiger partial charge in [0.05, 0.1) is 10.6 Å². The Bertz CT molecular complexity index is 752. The van der Waals surface area contributed by atoms with Crippen LogP contribution in [0.4, 0.5) is 11.4 Å². The van der Waals surface area contributed by atoms with E-state index in [4.69, 9.17) is 4.99 Å². The van der Waals surface area contributed by atoms with Crippen LogP contribution in [-0.2, 0) is 0 Å². The summed E-state index contributed by atoms with van der Waals surface area (Å²) in [5.41, 5.74) is 3.54. The van der Waals surface area contributed by atoms with Crippen molar-refractivity contribution in [3.63, 3.8) is 0 Å². The van der Waals surface area contributed by atoms with Crippen LogP contribution in [0, 0.1) is 28.9 Å². The summed E-state index contributed by atoms with van der Waals surface area (Å²) in [6, 6.07) is 4.90. The van der Waals surface area contributed by atoms with Gasteiger partial charge in [0.25, 0.3) is 5.69 Å². The largest absolute Gasteiger partial charge is 0.350 e. The van der Waals surface area contributed by atoms with Crippen molar-refractivity contribution >= 4 is 28.3 Å². The molecule has 0 aromatic heterocycles. The normalized spacial score (nSPS) is 21.3. The molecule has 0 N–H and O–H groups in total. The molecule has 1 aromatic rings. The molecule has 2 aliphatic carbocycles. The summed E-state index contributed by atoms with van der Waals surface area (Å²) in [4.78, 5) is 17.7. The number of hydrogen-bond donors (Lipinski definition) is 0. The lowest BCUT2D eigenvalue weighted by atomic mass is 10.0. The SMILES string of the molecule is Cc1cc([N+](=O)[O-])ccc1/N=C1\SCCN1CCC=C(C1CC1)C1CC1. The van der Waals surface area contributed by atoms with Gasteiger partial charge < -0.3 is 4.90 Å². The van der Waals surface area contributed by atoms with Crippen molar-refractivity contribution in [3.05, 3.63) is 45.5 Å². The maximum atomic E-state index is 10.9. The van der Waals surface area contributed by atoms with Crippen molar-refractivity contribution in [1.82, 2.24) is 4.90 Å². The predicted molar refractivity (Wildman–Crippen MR) is 107 cm³/mol. The molecule has 0 atom stereocenters. The summed E-state index contributed by atoms with van der Waals surface area (Å²) in [6.45, 7) is 3.93. The third kappa shape index (κ3) is 4.11. The van der Waals surface area contributed by atoms with Gasteiger partial charge in [-0.3, -0.25) is 10.1 Å². The maximum Gasteiger partial charge on any atom is 0.269 e. The van der Waals surface area contributed by atoms with Crippen molar-refractivity contribution < 1.29 is 4.92 Å². The van der Waals surface area contributed by atoms with Gasteiger partial charge in [-0.2, -0.15) is 0 Å². The van der Waals surface area contributed by atoms with E-state index in [2.05, 4.69) is 11.0 Å². The van der Waals surface area contributed by atoms with Crippen LogP contribution in [-0.4, -0.2) is 33.8 Å². The highest BCUT2D eigenvalue weighted by Gasteiger charge is 2.35. The third-order valence-electron chi connectivity index (χ3n) is 5.35. The van der Waals surface area contributed by atoms with E-state index in [9.17, 15) is 10.1 Å². The molecule has 26 heavy (non-hydrogen) atoms. The lowest BCUT2D eigenvalue weighted by molar-refractivity contribution is -0.384. The number of aryl methyl sites for hydroxylation is 1. The van der Waals surface area contributed by atoms with Gasteiger partial charge in [-0.05, 0) is 62.5 Å². The number of benzene rings is 1. The zero-order valence-electron chi connectivity index (χ0n) is 15.2. The Kier molecular flexibility index (Phi) is 5.02. The molecule has 3 fully saturated rings. The van der Waals surface area contributed by atoms with E-state index in [1.165, 1.54) is 31.7 Å². The summed E-state index contributed by atoms with van der Waals surface area (Å²) in [5, 5.41) is 11.9. The average Bonchev–Trinajstić information content (AvgIpc) is 3.53. The average molecular weight is 372 g/mol. The molecule has 2 saturated carbocycles. The molecule has 0 amide bonds. The highest BCUT2D eigenvalue weighted by Crippen LogP contribution is 2.48. The molecule has 1 aromatic carbocycles. The quantitative estimate of drug-likeness (QED) is 0.381. The van der Waals surface area contributed by atoms with Crippen molar-refractivity contribution in [2.75, 3.05) is 18.8 Å². The van der Waals surface area contributed by atoms with E-state index in [0.717, 1.165) is 53.5 Å². The Hall–Kier alpha value is -1.82. The predicted octanol–water partition coefficient (Wildman–Crippen LogP) is 5.08. The van der Waals surface area contributed by atoms with Crippen LogP contribution in [0.1, 0.15) is 37.7 Å². The fourth-order valence-corrected chi connectivity index (χ4v) is 4.64. The van der Waals surface area contributed by atoms with Gasteiger partial charge in [-0.1, -0.05) is 23.4 Å². The van der Waals surface area contributed by atoms with E-state index in [-0.39, 0.29) is 10.6 Å². The first-order valence-electron chi connectivity index (χ1n) is 9.53. The van der Waals surface area contributed by atoms with Crippen LogP contribution in [0.2, 0.25) is 0 Å². The van der Waals surface area contributed by atoms with Gasteiger partial charge >= 0.3 is 0 Å². The van der Waals surface area contributed by atoms with E-state index >= 15 is 0 Å². The van der Waals surface area contributed by atoms with Crippen molar-refractivity contribution in [3.8, 4) is 0 Å². The van der Waals surface area contributed by atoms with Crippen molar-refractivity contribution in [1.29, 1.82) is 0 Å².